The summed E-state index contributed by atoms with van der Waals surface area (Å²) < 4.78 is 5.44. The molecule has 0 radical (unpaired) electrons. The van der Waals surface area contributed by atoms with Crippen molar-refractivity contribution in [3.63, 3.8) is 0 Å². The predicted molar refractivity (Wildman–Crippen MR) is 73.3 cm³/mol. The normalized spacial score (nSPS) is 10.2. The number of nitrogen functional groups attached to an aromatic ring is 1. The number of ether oxygens (including phenoxy) is 1. The van der Waals surface area contributed by atoms with Crippen LogP contribution < -0.4 is 10.5 Å². The number of para-hydroxylation sites is 1. The van der Waals surface area contributed by atoms with Gasteiger partial charge in [0.2, 0.25) is 0 Å². The third-order valence-corrected chi connectivity index (χ3v) is 2.77. The molecule has 0 aliphatic rings. The topological polar surface area (TPSA) is 78.4 Å². The van der Waals surface area contributed by atoms with Crippen LogP contribution >= 0.6 is 11.6 Å². The van der Waals surface area contributed by atoms with Crippen molar-refractivity contribution >= 4 is 23.0 Å². The van der Waals surface area contributed by atoms with Crippen LogP contribution in [-0.2, 0) is 6.61 Å². The Morgan fingerprint density at radius 3 is 2.53 bits per heavy atom. The largest absolute Gasteiger partial charge is 0.482 e. The summed E-state index contributed by atoms with van der Waals surface area (Å²) in [5, 5.41) is 11.6. The van der Waals surface area contributed by atoms with Gasteiger partial charge in [-0.2, -0.15) is 0 Å². The fourth-order valence-corrected chi connectivity index (χ4v) is 1.72. The smallest absolute Gasteiger partial charge is 0.333 e. The molecule has 0 amide bonds. The molecule has 0 bridgehead atoms. The minimum Gasteiger partial charge on any atom is -0.482 e. The minimum atomic E-state index is -0.549. The third kappa shape index (κ3) is 3.14. The van der Waals surface area contributed by atoms with Gasteiger partial charge in [0, 0.05) is 5.02 Å². The maximum atomic E-state index is 10.9. The van der Waals surface area contributed by atoms with E-state index in [2.05, 4.69) is 0 Å². The summed E-state index contributed by atoms with van der Waals surface area (Å²) in [5.74, 6) is 0.153. The standard InChI is InChI=1S/C13H11ClN2O3/c14-10-6-4-9(5-7-10)8-19-12-3-1-2-11(15)13(12)16(17)18/h1-7H,8,15H2. The van der Waals surface area contributed by atoms with Crippen molar-refractivity contribution in [3.05, 3.63) is 63.2 Å². The molecule has 0 fully saturated rings. The van der Waals surface area contributed by atoms with E-state index in [0.717, 1.165) is 5.56 Å². The number of benzene rings is 2. The molecule has 0 aromatic heterocycles. The average molecular weight is 279 g/mol. The summed E-state index contributed by atoms with van der Waals surface area (Å²) in [5.41, 5.74) is 6.30. The molecule has 2 N–H and O–H groups in total. The molecule has 0 atom stereocenters. The highest BCUT2D eigenvalue weighted by atomic mass is 35.5. The second kappa shape index (κ2) is 5.58. The molecule has 0 heterocycles. The van der Waals surface area contributed by atoms with Crippen molar-refractivity contribution in [2.24, 2.45) is 0 Å². The molecule has 0 spiro atoms. The Morgan fingerprint density at radius 1 is 1.21 bits per heavy atom. The molecule has 0 saturated heterocycles. The van der Waals surface area contributed by atoms with Crippen LogP contribution in [0.2, 0.25) is 5.02 Å². The van der Waals surface area contributed by atoms with Crippen molar-refractivity contribution in [3.8, 4) is 5.75 Å². The molecule has 98 valence electrons. The molecule has 2 rings (SSSR count). The zero-order valence-corrected chi connectivity index (χ0v) is 10.6. The van der Waals surface area contributed by atoms with Gasteiger partial charge in [-0.25, -0.2) is 0 Å². The van der Waals surface area contributed by atoms with E-state index in [9.17, 15) is 10.1 Å². The molecule has 0 saturated carbocycles. The third-order valence-electron chi connectivity index (χ3n) is 2.52. The Balaban J connectivity index is 2.18. The molecule has 0 aliphatic heterocycles. The van der Waals surface area contributed by atoms with Crippen LogP contribution in [-0.4, -0.2) is 4.92 Å². The first-order valence-electron chi connectivity index (χ1n) is 5.48. The highest BCUT2D eigenvalue weighted by Crippen LogP contribution is 2.33. The van der Waals surface area contributed by atoms with E-state index >= 15 is 0 Å². The van der Waals surface area contributed by atoms with Gasteiger partial charge in [0.05, 0.1) is 4.92 Å². The van der Waals surface area contributed by atoms with Gasteiger partial charge in [-0.3, -0.25) is 10.1 Å². The van der Waals surface area contributed by atoms with Crippen molar-refractivity contribution in [2.75, 3.05) is 5.73 Å². The summed E-state index contributed by atoms with van der Waals surface area (Å²) >= 11 is 5.77. The number of halogens is 1. The van der Waals surface area contributed by atoms with Crippen LogP contribution in [0, 0.1) is 10.1 Å². The lowest BCUT2D eigenvalue weighted by molar-refractivity contribution is -0.385. The van der Waals surface area contributed by atoms with Gasteiger partial charge in [0.25, 0.3) is 0 Å². The molecule has 2 aromatic rings. The van der Waals surface area contributed by atoms with Crippen LogP contribution in [0.15, 0.2) is 42.5 Å². The lowest BCUT2D eigenvalue weighted by atomic mass is 10.2. The zero-order valence-electron chi connectivity index (χ0n) is 9.88. The van der Waals surface area contributed by atoms with E-state index in [4.69, 9.17) is 22.1 Å². The first kappa shape index (κ1) is 13.2. The lowest BCUT2D eigenvalue weighted by Gasteiger charge is -2.08. The summed E-state index contributed by atoms with van der Waals surface area (Å²) in [6.45, 7) is 0.210. The molecule has 0 unspecified atom stereocenters. The minimum absolute atomic E-state index is 0.0820. The summed E-state index contributed by atoms with van der Waals surface area (Å²) in [4.78, 5) is 10.4. The van der Waals surface area contributed by atoms with Gasteiger partial charge >= 0.3 is 5.69 Å². The number of nitro groups is 1. The fourth-order valence-electron chi connectivity index (χ4n) is 1.59. The van der Waals surface area contributed by atoms with Gasteiger partial charge in [-0.15, -0.1) is 0 Å². The molecular formula is C13H11ClN2O3. The van der Waals surface area contributed by atoms with E-state index in [0.29, 0.717) is 5.02 Å². The Labute approximate surface area is 114 Å². The first-order valence-corrected chi connectivity index (χ1v) is 5.86. The molecule has 5 nitrogen and oxygen atoms in total. The van der Waals surface area contributed by atoms with Crippen molar-refractivity contribution in [1.82, 2.24) is 0 Å². The number of nitrogens with zero attached hydrogens (tertiary/aromatic N) is 1. The van der Waals surface area contributed by atoms with Crippen LogP contribution in [0.3, 0.4) is 0 Å². The van der Waals surface area contributed by atoms with Gasteiger partial charge < -0.3 is 10.5 Å². The maximum Gasteiger partial charge on any atom is 0.333 e. The molecule has 0 aliphatic carbocycles. The number of anilines is 1. The molecule has 6 heteroatoms. The van der Waals surface area contributed by atoms with E-state index in [1.165, 1.54) is 12.1 Å². The van der Waals surface area contributed by atoms with Crippen molar-refractivity contribution in [1.29, 1.82) is 0 Å². The Bertz CT molecular complexity index is 599. The Morgan fingerprint density at radius 2 is 1.89 bits per heavy atom. The SMILES string of the molecule is Nc1cccc(OCc2ccc(Cl)cc2)c1[N+](=O)[O-]. The van der Waals surface area contributed by atoms with E-state index in [1.807, 2.05) is 0 Å². The van der Waals surface area contributed by atoms with Gasteiger partial charge in [-0.1, -0.05) is 29.8 Å². The average Bonchev–Trinajstić information content (AvgIpc) is 2.37. The fraction of sp³-hybridized carbons (Fsp3) is 0.0769. The van der Waals surface area contributed by atoms with E-state index < -0.39 is 4.92 Å². The molecular weight excluding hydrogens is 268 g/mol. The quantitative estimate of drug-likeness (QED) is 0.528. The van der Waals surface area contributed by atoms with Gasteiger partial charge in [0.15, 0.2) is 5.75 Å². The second-order valence-electron chi connectivity index (χ2n) is 3.87. The number of nitro benzene ring substituents is 1. The number of rotatable bonds is 4. The maximum absolute atomic E-state index is 10.9. The summed E-state index contributed by atoms with van der Waals surface area (Å²) in [7, 11) is 0. The van der Waals surface area contributed by atoms with Crippen LogP contribution in [0.4, 0.5) is 11.4 Å². The number of hydrogen-bond acceptors (Lipinski definition) is 4. The van der Waals surface area contributed by atoms with Crippen LogP contribution in [0.5, 0.6) is 5.75 Å². The second-order valence-corrected chi connectivity index (χ2v) is 4.30. The monoisotopic (exact) mass is 278 g/mol. The van der Waals surface area contributed by atoms with E-state index in [-0.39, 0.29) is 23.7 Å². The highest BCUT2D eigenvalue weighted by Gasteiger charge is 2.18. The Kier molecular flexibility index (Phi) is 3.87. The van der Waals surface area contributed by atoms with Crippen LogP contribution in [0.25, 0.3) is 0 Å². The molecule has 2 aromatic carbocycles. The highest BCUT2D eigenvalue weighted by molar-refractivity contribution is 6.30. The van der Waals surface area contributed by atoms with Crippen LogP contribution in [0.1, 0.15) is 5.56 Å². The lowest BCUT2D eigenvalue weighted by Crippen LogP contribution is -2.01. The summed E-state index contributed by atoms with van der Waals surface area (Å²) in [6, 6.07) is 11.6. The summed E-state index contributed by atoms with van der Waals surface area (Å²) in [6.07, 6.45) is 0. The predicted octanol–water partition coefficient (Wildman–Crippen LogP) is 3.41. The number of nitrogens with two attached hydrogens (primary N) is 1. The van der Waals surface area contributed by atoms with Gasteiger partial charge in [0.1, 0.15) is 12.3 Å². The molecule has 19 heavy (non-hydrogen) atoms. The number of hydrogen-bond donors (Lipinski definition) is 1. The first-order chi connectivity index (χ1) is 9.08. The Hall–Kier alpha value is -2.27. The van der Waals surface area contributed by atoms with Crippen molar-refractivity contribution in [2.45, 2.75) is 6.61 Å². The zero-order chi connectivity index (χ0) is 13.8. The van der Waals surface area contributed by atoms with Gasteiger partial charge in [-0.05, 0) is 29.8 Å². The van der Waals surface area contributed by atoms with E-state index in [1.54, 1.807) is 30.3 Å². The van der Waals surface area contributed by atoms with Crippen molar-refractivity contribution < 1.29 is 9.66 Å².